The van der Waals surface area contributed by atoms with Gasteiger partial charge in [-0.15, -0.1) is 0 Å². The number of likely N-dealkylation sites (N-methyl/N-ethyl adjacent to an activating group) is 1. The van der Waals surface area contributed by atoms with E-state index in [9.17, 15) is 0 Å². The van der Waals surface area contributed by atoms with Crippen LogP contribution in [0.4, 0.5) is 0 Å². The van der Waals surface area contributed by atoms with Crippen LogP contribution in [0.2, 0.25) is 0 Å². The topological polar surface area (TPSA) is 32.6 Å². The molecule has 4 nitrogen and oxygen atoms in total. The molecule has 0 spiro atoms. The van der Waals surface area contributed by atoms with Crippen LogP contribution in [-0.2, 0) is 6.54 Å². The minimum atomic E-state index is 0.595. The molecule has 1 atom stereocenters. The number of pyridine rings is 1. The van der Waals surface area contributed by atoms with Gasteiger partial charge in [0.05, 0.1) is 11.4 Å². The van der Waals surface area contributed by atoms with Gasteiger partial charge in [0, 0.05) is 30.9 Å². The molecule has 1 aromatic carbocycles. The predicted molar refractivity (Wildman–Crippen MR) is 98.0 cm³/mol. The molecule has 1 aliphatic heterocycles. The highest BCUT2D eigenvalue weighted by Gasteiger charge is 2.22. The summed E-state index contributed by atoms with van der Waals surface area (Å²) in [6.07, 6.45) is 4.65. The van der Waals surface area contributed by atoms with Crippen LogP contribution in [-0.4, -0.2) is 40.5 Å². The molecule has 2 aromatic heterocycles. The van der Waals surface area contributed by atoms with Gasteiger partial charge in [-0.25, -0.2) is 4.98 Å². The maximum Gasteiger partial charge on any atom is 0.137 e. The number of nitrogens with zero attached hydrogens (tertiary/aromatic N) is 3. The van der Waals surface area contributed by atoms with Gasteiger partial charge in [-0.1, -0.05) is 36.4 Å². The summed E-state index contributed by atoms with van der Waals surface area (Å²) < 4.78 is 2.24. The van der Waals surface area contributed by atoms with E-state index in [-0.39, 0.29) is 0 Å². The van der Waals surface area contributed by atoms with Gasteiger partial charge in [-0.05, 0) is 38.6 Å². The number of aromatic nitrogens is 2. The predicted octanol–water partition coefficient (Wildman–Crippen LogP) is 3.19. The molecule has 4 heteroatoms. The average Bonchev–Trinajstić information content (AvgIpc) is 3.01. The Morgan fingerprint density at radius 1 is 1.12 bits per heavy atom. The first-order valence-electron chi connectivity index (χ1n) is 8.76. The Morgan fingerprint density at radius 2 is 1.96 bits per heavy atom. The van der Waals surface area contributed by atoms with Gasteiger partial charge >= 0.3 is 0 Å². The Balaban J connectivity index is 1.73. The zero-order valence-corrected chi connectivity index (χ0v) is 14.2. The molecule has 1 saturated heterocycles. The molecule has 124 valence electrons. The van der Waals surface area contributed by atoms with Gasteiger partial charge in [-0.2, -0.15) is 0 Å². The van der Waals surface area contributed by atoms with Crippen LogP contribution in [0.5, 0.6) is 0 Å². The molecule has 4 rings (SSSR count). The van der Waals surface area contributed by atoms with Crippen molar-refractivity contribution in [1.29, 1.82) is 0 Å². The van der Waals surface area contributed by atoms with E-state index < -0.39 is 0 Å². The fourth-order valence-corrected chi connectivity index (χ4v) is 3.67. The highest BCUT2D eigenvalue weighted by atomic mass is 15.2. The van der Waals surface area contributed by atoms with Gasteiger partial charge in [0.15, 0.2) is 0 Å². The van der Waals surface area contributed by atoms with Crippen molar-refractivity contribution in [3.05, 3.63) is 60.4 Å². The summed E-state index contributed by atoms with van der Waals surface area (Å²) in [4.78, 5) is 7.46. The molecule has 3 heterocycles. The first-order chi connectivity index (χ1) is 11.8. The number of imidazole rings is 1. The van der Waals surface area contributed by atoms with Crippen LogP contribution < -0.4 is 5.32 Å². The Hall–Kier alpha value is -2.17. The van der Waals surface area contributed by atoms with Gasteiger partial charge < -0.3 is 9.72 Å². The maximum absolute atomic E-state index is 4.91. The van der Waals surface area contributed by atoms with E-state index in [2.05, 4.69) is 76.4 Å². The monoisotopic (exact) mass is 320 g/mol. The number of piperidine rings is 1. The van der Waals surface area contributed by atoms with E-state index in [1.54, 1.807) is 0 Å². The average molecular weight is 320 g/mol. The molecular formula is C20H24N4. The van der Waals surface area contributed by atoms with Crippen molar-refractivity contribution in [1.82, 2.24) is 19.6 Å². The first-order valence-corrected chi connectivity index (χ1v) is 8.76. The van der Waals surface area contributed by atoms with E-state index in [0.29, 0.717) is 6.04 Å². The van der Waals surface area contributed by atoms with Crippen LogP contribution >= 0.6 is 0 Å². The Bertz CT molecular complexity index is 809. The van der Waals surface area contributed by atoms with E-state index in [4.69, 9.17) is 4.98 Å². The first kappa shape index (κ1) is 15.4. The van der Waals surface area contributed by atoms with Crippen LogP contribution in [0.3, 0.4) is 0 Å². The van der Waals surface area contributed by atoms with Gasteiger partial charge in [-0.3, -0.25) is 4.90 Å². The van der Waals surface area contributed by atoms with E-state index in [0.717, 1.165) is 31.0 Å². The number of nitrogens with one attached hydrogen (secondary N) is 1. The summed E-state index contributed by atoms with van der Waals surface area (Å²) in [6, 6.07) is 17.3. The number of likely N-dealkylation sites (tertiary alicyclic amines) is 1. The Kier molecular flexibility index (Phi) is 4.32. The highest BCUT2D eigenvalue weighted by molar-refractivity contribution is 5.66. The second-order valence-electron chi connectivity index (χ2n) is 6.56. The number of hydrogen-bond acceptors (Lipinski definition) is 3. The summed E-state index contributed by atoms with van der Waals surface area (Å²) in [7, 11) is 2.07. The molecule has 3 aromatic rings. The minimum absolute atomic E-state index is 0.595. The third-order valence-corrected chi connectivity index (χ3v) is 4.96. The van der Waals surface area contributed by atoms with Crippen molar-refractivity contribution in [2.24, 2.45) is 0 Å². The maximum atomic E-state index is 4.91. The van der Waals surface area contributed by atoms with E-state index in [1.165, 1.54) is 24.1 Å². The second-order valence-corrected chi connectivity index (χ2v) is 6.56. The van der Waals surface area contributed by atoms with Crippen molar-refractivity contribution in [3.63, 3.8) is 0 Å². The van der Waals surface area contributed by atoms with Crippen LogP contribution in [0.25, 0.3) is 16.9 Å². The van der Waals surface area contributed by atoms with E-state index >= 15 is 0 Å². The van der Waals surface area contributed by atoms with Gasteiger partial charge in [0.1, 0.15) is 5.65 Å². The van der Waals surface area contributed by atoms with Crippen LogP contribution in [0.15, 0.2) is 54.7 Å². The second kappa shape index (κ2) is 6.75. The SMILES string of the molecule is CNC1CCCN(Cc2c(-c3ccccc3)nc3ccccn23)C1. The summed E-state index contributed by atoms with van der Waals surface area (Å²) in [5, 5.41) is 3.43. The van der Waals surface area contributed by atoms with Gasteiger partial charge in [0.2, 0.25) is 0 Å². The molecular weight excluding hydrogens is 296 g/mol. The number of rotatable bonds is 4. The number of hydrogen-bond donors (Lipinski definition) is 1. The Morgan fingerprint density at radius 3 is 2.79 bits per heavy atom. The molecule has 0 saturated carbocycles. The quantitative estimate of drug-likeness (QED) is 0.801. The van der Waals surface area contributed by atoms with Crippen LogP contribution in [0, 0.1) is 0 Å². The van der Waals surface area contributed by atoms with Crippen molar-refractivity contribution in [2.45, 2.75) is 25.4 Å². The summed E-state index contributed by atoms with van der Waals surface area (Å²) >= 11 is 0. The van der Waals surface area contributed by atoms with Crippen molar-refractivity contribution < 1.29 is 0 Å². The normalized spacial score (nSPS) is 19.0. The fraction of sp³-hybridized carbons (Fsp3) is 0.350. The summed E-state index contributed by atoms with van der Waals surface area (Å²) in [5.74, 6) is 0. The molecule has 1 fully saturated rings. The zero-order chi connectivity index (χ0) is 16.4. The molecule has 1 N–H and O–H groups in total. The molecule has 1 aliphatic rings. The number of benzene rings is 1. The van der Waals surface area contributed by atoms with Crippen molar-refractivity contribution in [2.75, 3.05) is 20.1 Å². The molecule has 0 aliphatic carbocycles. The molecule has 0 bridgehead atoms. The highest BCUT2D eigenvalue weighted by Crippen LogP contribution is 2.26. The third-order valence-electron chi connectivity index (χ3n) is 4.96. The summed E-state index contributed by atoms with van der Waals surface area (Å²) in [6.45, 7) is 3.20. The Labute approximate surface area is 143 Å². The van der Waals surface area contributed by atoms with E-state index in [1.807, 2.05) is 0 Å². The standard InChI is InChI=1S/C20H24N4/c1-21-17-10-7-12-23(14-17)15-18-20(16-8-3-2-4-9-16)22-19-11-5-6-13-24(18)19/h2-6,8-9,11,13,17,21H,7,10,12,14-15H2,1H3. The smallest absolute Gasteiger partial charge is 0.137 e. The van der Waals surface area contributed by atoms with Gasteiger partial charge in [0.25, 0.3) is 0 Å². The van der Waals surface area contributed by atoms with Crippen molar-refractivity contribution in [3.8, 4) is 11.3 Å². The molecule has 1 unspecified atom stereocenters. The lowest BCUT2D eigenvalue weighted by atomic mass is 10.0. The lowest BCUT2D eigenvalue weighted by Crippen LogP contribution is -2.44. The summed E-state index contributed by atoms with van der Waals surface area (Å²) in [5.41, 5.74) is 4.61. The van der Waals surface area contributed by atoms with Crippen molar-refractivity contribution >= 4 is 5.65 Å². The van der Waals surface area contributed by atoms with Crippen LogP contribution in [0.1, 0.15) is 18.5 Å². The minimum Gasteiger partial charge on any atom is -0.316 e. The fourth-order valence-electron chi connectivity index (χ4n) is 3.67. The number of fused-ring (bicyclic) bond motifs is 1. The zero-order valence-electron chi connectivity index (χ0n) is 14.2. The molecule has 0 radical (unpaired) electrons. The molecule has 24 heavy (non-hydrogen) atoms. The largest absolute Gasteiger partial charge is 0.316 e. The lowest BCUT2D eigenvalue weighted by Gasteiger charge is -2.32. The third kappa shape index (κ3) is 2.95. The molecule has 0 amide bonds. The lowest BCUT2D eigenvalue weighted by molar-refractivity contribution is 0.186.